The van der Waals surface area contributed by atoms with Crippen molar-refractivity contribution < 1.29 is 9.53 Å². The molecule has 2 unspecified atom stereocenters. The minimum Gasteiger partial charge on any atom is -0.381 e. The molecule has 2 rings (SSSR count). The first-order chi connectivity index (χ1) is 8.15. The maximum Gasteiger partial charge on any atom is 0.315 e. The summed E-state index contributed by atoms with van der Waals surface area (Å²) in [6, 6.07) is 0.384. The molecular weight excluding hydrogens is 236 g/mol. The highest BCUT2D eigenvalue weighted by molar-refractivity contribution is 8.00. The number of nitrogens with one attached hydrogen (secondary N) is 2. The molecule has 1 aliphatic heterocycles. The minimum atomic E-state index is -0.0146. The van der Waals surface area contributed by atoms with Crippen molar-refractivity contribution in [2.45, 2.75) is 37.0 Å². The summed E-state index contributed by atoms with van der Waals surface area (Å²) in [5, 5.41) is 6.00. The van der Waals surface area contributed by atoms with Crippen molar-refractivity contribution in [1.29, 1.82) is 0 Å². The Morgan fingerprint density at radius 2 is 2.12 bits per heavy atom. The summed E-state index contributed by atoms with van der Waals surface area (Å²) >= 11 is 1.85. The molecule has 2 atom stereocenters. The lowest BCUT2D eigenvalue weighted by molar-refractivity contribution is 0.0777. The smallest absolute Gasteiger partial charge is 0.315 e. The van der Waals surface area contributed by atoms with E-state index in [1.54, 1.807) is 0 Å². The van der Waals surface area contributed by atoms with Crippen LogP contribution in [0.3, 0.4) is 0 Å². The molecule has 0 radical (unpaired) electrons. The number of ether oxygens (including phenoxy) is 1. The Morgan fingerprint density at radius 1 is 1.47 bits per heavy atom. The van der Waals surface area contributed by atoms with Crippen molar-refractivity contribution in [2.75, 3.05) is 26.0 Å². The highest BCUT2D eigenvalue weighted by Crippen LogP contribution is 2.33. The zero-order valence-corrected chi connectivity index (χ0v) is 11.4. The fourth-order valence-electron chi connectivity index (χ4n) is 2.18. The van der Waals surface area contributed by atoms with Crippen LogP contribution in [0.5, 0.6) is 0 Å². The van der Waals surface area contributed by atoms with Crippen LogP contribution in [0.4, 0.5) is 4.79 Å². The van der Waals surface area contributed by atoms with Crippen LogP contribution in [-0.4, -0.2) is 42.8 Å². The molecule has 0 aromatic heterocycles. The first-order valence-corrected chi connectivity index (χ1v) is 7.55. The molecule has 1 heterocycles. The molecule has 2 amide bonds. The van der Waals surface area contributed by atoms with E-state index < -0.39 is 0 Å². The number of thioether (sulfide) groups is 1. The summed E-state index contributed by atoms with van der Waals surface area (Å²) in [4.78, 5) is 11.7. The van der Waals surface area contributed by atoms with E-state index in [1.807, 2.05) is 11.8 Å². The molecule has 2 N–H and O–H groups in total. The molecule has 1 saturated heterocycles. The van der Waals surface area contributed by atoms with Crippen molar-refractivity contribution in [2.24, 2.45) is 5.92 Å². The molecule has 4 nitrogen and oxygen atoms in total. The second-order valence-corrected chi connectivity index (χ2v) is 6.42. The molecule has 2 aliphatic rings. The van der Waals surface area contributed by atoms with E-state index in [-0.39, 0.29) is 10.8 Å². The maximum atomic E-state index is 11.7. The van der Waals surface area contributed by atoms with E-state index in [2.05, 4.69) is 23.8 Å². The molecule has 0 bridgehead atoms. The van der Waals surface area contributed by atoms with Crippen LogP contribution in [0, 0.1) is 5.92 Å². The number of hydrogen-bond acceptors (Lipinski definition) is 3. The van der Waals surface area contributed by atoms with Crippen LogP contribution in [0.1, 0.15) is 26.2 Å². The normalized spacial score (nSPS) is 30.7. The fourth-order valence-corrected chi connectivity index (χ4v) is 2.97. The maximum absolute atomic E-state index is 11.7. The van der Waals surface area contributed by atoms with E-state index >= 15 is 0 Å². The summed E-state index contributed by atoms with van der Waals surface area (Å²) in [5.74, 6) is 0.651. The van der Waals surface area contributed by atoms with E-state index in [4.69, 9.17) is 4.74 Å². The minimum absolute atomic E-state index is 0.0146. The van der Waals surface area contributed by atoms with Gasteiger partial charge in [-0.2, -0.15) is 11.8 Å². The molecule has 0 aromatic carbocycles. The van der Waals surface area contributed by atoms with Gasteiger partial charge in [0.05, 0.1) is 0 Å². The van der Waals surface area contributed by atoms with E-state index in [0.29, 0.717) is 12.0 Å². The first-order valence-electron chi connectivity index (χ1n) is 6.32. The number of hydrogen-bond donors (Lipinski definition) is 2. The zero-order chi connectivity index (χ0) is 12.3. The Kier molecular flexibility index (Phi) is 4.20. The monoisotopic (exact) mass is 258 g/mol. The molecule has 1 aliphatic carbocycles. The van der Waals surface area contributed by atoms with Gasteiger partial charge in [0.15, 0.2) is 0 Å². The summed E-state index contributed by atoms with van der Waals surface area (Å²) in [5.41, 5.74) is 0. The average molecular weight is 258 g/mol. The van der Waals surface area contributed by atoms with Crippen LogP contribution < -0.4 is 10.6 Å². The Hall–Kier alpha value is -0.420. The molecule has 0 aromatic rings. The molecule has 0 spiro atoms. The molecule has 2 fully saturated rings. The number of carbonyl (C=O) groups is 1. The summed E-state index contributed by atoms with van der Waals surface area (Å²) in [7, 11) is 0. The van der Waals surface area contributed by atoms with Crippen LogP contribution in [0.15, 0.2) is 0 Å². The zero-order valence-electron chi connectivity index (χ0n) is 10.6. The van der Waals surface area contributed by atoms with Crippen molar-refractivity contribution in [1.82, 2.24) is 10.6 Å². The van der Waals surface area contributed by atoms with Crippen molar-refractivity contribution in [3.63, 3.8) is 0 Å². The second kappa shape index (κ2) is 5.48. The van der Waals surface area contributed by atoms with Crippen molar-refractivity contribution in [3.05, 3.63) is 0 Å². The van der Waals surface area contributed by atoms with Gasteiger partial charge < -0.3 is 15.4 Å². The Bertz CT molecular complexity index is 280. The van der Waals surface area contributed by atoms with Gasteiger partial charge in [0.1, 0.15) is 0 Å². The van der Waals surface area contributed by atoms with Crippen molar-refractivity contribution in [3.8, 4) is 0 Å². The largest absolute Gasteiger partial charge is 0.381 e. The predicted octanol–water partition coefficient (Wildman–Crippen LogP) is 1.61. The lowest BCUT2D eigenvalue weighted by Crippen LogP contribution is -2.47. The van der Waals surface area contributed by atoms with Crippen LogP contribution in [0.25, 0.3) is 0 Å². The van der Waals surface area contributed by atoms with E-state index in [9.17, 15) is 4.79 Å². The standard InChI is InChI=1S/C12H22N2O2S/c1-9-7-10(9)14-11(15)13-8-12(17-2)3-5-16-6-4-12/h9-10H,3-8H2,1-2H3,(H2,13,14,15). The highest BCUT2D eigenvalue weighted by Gasteiger charge is 2.35. The quantitative estimate of drug-likeness (QED) is 0.805. The Balaban J connectivity index is 1.73. The third-order valence-corrected chi connectivity index (χ3v) is 5.25. The van der Waals surface area contributed by atoms with Gasteiger partial charge in [-0.1, -0.05) is 6.92 Å². The van der Waals surface area contributed by atoms with Gasteiger partial charge in [-0.05, 0) is 31.4 Å². The summed E-state index contributed by atoms with van der Waals surface area (Å²) in [6.07, 6.45) is 5.28. The highest BCUT2D eigenvalue weighted by atomic mass is 32.2. The molecule has 1 saturated carbocycles. The van der Waals surface area contributed by atoms with Gasteiger partial charge in [-0.15, -0.1) is 0 Å². The molecule has 17 heavy (non-hydrogen) atoms. The van der Waals surface area contributed by atoms with Gasteiger partial charge in [0.2, 0.25) is 0 Å². The van der Waals surface area contributed by atoms with Crippen molar-refractivity contribution >= 4 is 17.8 Å². The van der Waals surface area contributed by atoms with Crippen LogP contribution >= 0.6 is 11.8 Å². The van der Waals surface area contributed by atoms with E-state index in [1.165, 1.54) is 0 Å². The second-order valence-electron chi connectivity index (χ2n) is 5.15. The van der Waals surface area contributed by atoms with Gasteiger partial charge >= 0.3 is 6.03 Å². The van der Waals surface area contributed by atoms with Crippen LogP contribution in [0.2, 0.25) is 0 Å². The SMILES string of the molecule is CSC1(CNC(=O)NC2CC2C)CCOCC1. The predicted molar refractivity (Wildman–Crippen MR) is 70.4 cm³/mol. The third-order valence-electron chi connectivity index (χ3n) is 3.83. The summed E-state index contributed by atoms with van der Waals surface area (Å²) < 4.78 is 5.55. The summed E-state index contributed by atoms with van der Waals surface area (Å²) in [6.45, 7) is 4.52. The fraction of sp³-hybridized carbons (Fsp3) is 0.917. The van der Waals surface area contributed by atoms with E-state index in [0.717, 1.165) is 39.0 Å². The van der Waals surface area contributed by atoms with Gasteiger partial charge in [0, 0.05) is 30.5 Å². The first kappa shape index (κ1) is 13.0. The third kappa shape index (κ3) is 3.52. The molecular formula is C12H22N2O2S. The average Bonchev–Trinajstić information content (AvgIpc) is 3.03. The number of amides is 2. The Morgan fingerprint density at radius 3 is 2.65 bits per heavy atom. The lowest BCUT2D eigenvalue weighted by atomic mass is 9.99. The van der Waals surface area contributed by atoms with Gasteiger partial charge in [-0.25, -0.2) is 4.79 Å². The number of urea groups is 1. The number of carbonyl (C=O) groups excluding carboxylic acids is 1. The van der Waals surface area contributed by atoms with Gasteiger partial charge in [0.25, 0.3) is 0 Å². The molecule has 5 heteroatoms. The van der Waals surface area contributed by atoms with Crippen LogP contribution in [-0.2, 0) is 4.74 Å². The lowest BCUT2D eigenvalue weighted by Gasteiger charge is -2.35. The van der Waals surface area contributed by atoms with Gasteiger partial charge in [-0.3, -0.25) is 0 Å². The topological polar surface area (TPSA) is 50.4 Å². The Labute approximate surface area is 107 Å². The molecule has 98 valence electrons. The number of rotatable bonds is 4.